The molecule has 0 bridgehead atoms. The van der Waals surface area contributed by atoms with Gasteiger partial charge in [0.15, 0.2) is 0 Å². The number of benzene rings is 2. The SMILES string of the molecule is O=C(NN=Cc1ccc(OC(=O)c2sc3ccccc3c2Cl)cc1)c1cnccn1. The second-order valence-corrected chi connectivity index (χ2v) is 7.42. The second kappa shape index (κ2) is 8.81. The first kappa shape index (κ1) is 19.7. The number of hydrazone groups is 1. The van der Waals surface area contributed by atoms with Crippen molar-refractivity contribution < 1.29 is 14.3 Å². The van der Waals surface area contributed by atoms with Gasteiger partial charge in [0.05, 0.1) is 17.4 Å². The molecule has 0 aliphatic rings. The number of rotatable bonds is 5. The van der Waals surface area contributed by atoms with Crippen molar-refractivity contribution in [2.45, 2.75) is 0 Å². The molecule has 148 valence electrons. The lowest BCUT2D eigenvalue weighted by atomic mass is 10.2. The van der Waals surface area contributed by atoms with E-state index in [1.54, 1.807) is 24.3 Å². The Labute approximate surface area is 180 Å². The van der Waals surface area contributed by atoms with Gasteiger partial charge < -0.3 is 4.74 Å². The monoisotopic (exact) mass is 436 g/mol. The highest BCUT2D eigenvalue weighted by atomic mass is 35.5. The van der Waals surface area contributed by atoms with Gasteiger partial charge in [-0.1, -0.05) is 29.8 Å². The molecule has 0 radical (unpaired) electrons. The Bertz CT molecular complexity index is 1240. The number of carbonyl (C=O) groups excluding carboxylic acids is 2. The molecule has 0 atom stereocenters. The molecule has 2 aromatic carbocycles. The van der Waals surface area contributed by atoms with Crippen LogP contribution in [-0.4, -0.2) is 28.1 Å². The van der Waals surface area contributed by atoms with Crippen molar-refractivity contribution in [3.05, 3.63) is 88.3 Å². The fraction of sp³-hybridized carbons (Fsp3) is 0. The van der Waals surface area contributed by atoms with E-state index in [4.69, 9.17) is 16.3 Å². The van der Waals surface area contributed by atoms with Gasteiger partial charge in [0, 0.05) is 22.5 Å². The number of nitrogens with zero attached hydrogens (tertiary/aromatic N) is 3. The first-order valence-electron chi connectivity index (χ1n) is 8.70. The van der Waals surface area contributed by atoms with E-state index >= 15 is 0 Å². The highest BCUT2D eigenvalue weighted by molar-refractivity contribution is 7.21. The third kappa shape index (κ3) is 4.35. The molecule has 30 heavy (non-hydrogen) atoms. The minimum atomic E-state index is -0.515. The summed E-state index contributed by atoms with van der Waals surface area (Å²) in [7, 11) is 0. The van der Waals surface area contributed by atoms with Gasteiger partial charge in [-0.25, -0.2) is 15.2 Å². The summed E-state index contributed by atoms with van der Waals surface area (Å²) in [5.74, 6) is -0.613. The molecule has 2 heterocycles. The van der Waals surface area contributed by atoms with Crippen LogP contribution < -0.4 is 10.2 Å². The zero-order chi connectivity index (χ0) is 20.9. The molecule has 0 saturated carbocycles. The van der Waals surface area contributed by atoms with Crippen molar-refractivity contribution in [3.63, 3.8) is 0 Å². The predicted octanol–water partition coefficient (Wildman–Crippen LogP) is 4.33. The summed E-state index contributed by atoms with van der Waals surface area (Å²) in [4.78, 5) is 32.4. The van der Waals surface area contributed by atoms with E-state index in [9.17, 15) is 9.59 Å². The second-order valence-electron chi connectivity index (χ2n) is 5.99. The summed E-state index contributed by atoms with van der Waals surface area (Å²) < 4.78 is 6.34. The first-order chi connectivity index (χ1) is 14.6. The lowest BCUT2D eigenvalue weighted by molar-refractivity contribution is 0.0739. The minimum absolute atomic E-state index is 0.164. The molecule has 0 aliphatic carbocycles. The van der Waals surface area contributed by atoms with E-state index < -0.39 is 11.9 Å². The van der Waals surface area contributed by atoms with E-state index in [0.717, 1.165) is 10.1 Å². The third-order valence-electron chi connectivity index (χ3n) is 3.99. The van der Waals surface area contributed by atoms with Gasteiger partial charge in [0.1, 0.15) is 16.3 Å². The van der Waals surface area contributed by atoms with Crippen LogP contribution in [0.5, 0.6) is 5.75 Å². The number of aromatic nitrogens is 2. The molecule has 4 aromatic rings. The van der Waals surface area contributed by atoms with Crippen molar-refractivity contribution in [2.24, 2.45) is 5.10 Å². The van der Waals surface area contributed by atoms with E-state index in [2.05, 4.69) is 20.5 Å². The van der Waals surface area contributed by atoms with E-state index in [1.165, 1.54) is 36.1 Å². The van der Waals surface area contributed by atoms with Crippen LogP contribution in [-0.2, 0) is 0 Å². The maximum atomic E-state index is 12.5. The third-order valence-corrected chi connectivity index (χ3v) is 5.64. The number of halogens is 1. The predicted molar refractivity (Wildman–Crippen MR) is 115 cm³/mol. The van der Waals surface area contributed by atoms with Crippen LogP contribution in [0.2, 0.25) is 5.02 Å². The summed E-state index contributed by atoms with van der Waals surface area (Å²) in [6.07, 6.45) is 5.70. The van der Waals surface area contributed by atoms with Crippen molar-refractivity contribution in [3.8, 4) is 5.75 Å². The molecule has 0 spiro atoms. The van der Waals surface area contributed by atoms with Crippen molar-refractivity contribution in [1.29, 1.82) is 0 Å². The summed E-state index contributed by atoms with van der Waals surface area (Å²) in [6.45, 7) is 0. The zero-order valence-corrected chi connectivity index (χ0v) is 16.9. The Hall–Kier alpha value is -3.62. The number of thiophene rings is 1. The highest BCUT2D eigenvalue weighted by Gasteiger charge is 2.18. The summed E-state index contributed by atoms with van der Waals surface area (Å²) in [6, 6.07) is 14.2. The summed E-state index contributed by atoms with van der Waals surface area (Å²) in [5.41, 5.74) is 3.23. The standard InChI is InChI=1S/C21H13ClN4O3S/c22-18-15-3-1-2-4-17(15)30-19(18)21(28)29-14-7-5-13(6-8-14)11-25-26-20(27)16-12-23-9-10-24-16/h1-12H,(H,26,27). The van der Waals surface area contributed by atoms with Crippen LogP contribution in [0, 0.1) is 0 Å². The molecule has 4 rings (SSSR count). The number of hydrogen-bond acceptors (Lipinski definition) is 7. The molecule has 9 heteroatoms. The Balaban J connectivity index is 1.39. The van der Waals surface area contributed by atoms with Gasteiger partial charge in [0.2, 0.25) is 0 Å². The van der Waals surface area contributed by atoms with E-state index in [1.807, 2.05) is 24.3 Å². The molecule has 0 saturated heterocycles. The van der Waals surface area contributed by atoms with Crippen molar-refractivity contribution in [1.82, 2.24) is 15.4 Å². The number of carbonyl (C=O) groups is 2. The van der Waals surface area contributed by atoms with Gasteiger partial charge in [-0.3, -0.25) is 9.78 Å². The van der Waals surface area contributed by atoms with Crippen LogP contribution in [0.25, 0.3) is 10.1 Å². The highest BCUT2D eigenvalue weighted by Crippen LogP contribution is 2.35. The van der Waals surface area contributed by atoms with Crippen LogP contribution >= 0.6 is 22.9 Å². The number of fused-ring (bicyclic) bond motifs is 1. The molecule has 1 amide bonds. The normalized spacial score (nSPS) is 11.0. The average Bonchev–Trinajstić information content (AvgIpc) is 3.12. The van der Waals surface area contributed by atoms with Crippen molar-refractivity contribution in [2.75, 3.05) is 0 Å². The molecule has 0 aliphatic heterocycles. The van der Waals surface area contributed by atoms with Crippen LogP contribution in [0.1, 0.15) is 25.7 Å². The van der Waals surface area contributed by atoms with E-state index in [0.29, 0.717) is 21.2 Å². The topological polar surface area (TPSA) is 93.5 Å². The van der Waals surface area contributed by atoms with Gasteiger partial charge in [0.25, 0.3) is 5.91 Å². The smallest absolute Gasteiger partial charge is 0.355 e. The van der Waals surface area contributed by atoms with Crippen LogP contribution in [0.3, 0.4) is 0 Å². The minimum Gasteiger partial charge on any atom is -0.422 e. The lowest BCUT2D eigenvalue weighted by Crippen LogP contribution is -2.19. The number of amides is 1. The summed E-state index contributed by atoms with van der Waals surface area (Å²) in [5, 5.41) is 5.09. The summed E-state index contributed by atoms with van der Waals surface area (Å²) >= 11 is 7.61. The number of hydrogen-bond donors (Lipinski definition) is 1. The van der Waals surface area contributed by atoms with Crippen LogP contribution in [0.4, 0.5) is 0 Å². The van der Waals surface area contributed by atoms with Gasteiger partial charge in [-0.05, 0) is 35.9 Å². The molecule has 1 N–H and O–H groups in total. The molecular weight excluding hydrogens is 424 g/mol. The van der Waals surface area contributed by atoms with E-state index in [-0.39, 0.29) is 5.69 Å². The maximum absolute atomic E-state index is 12.5. The average molecular weight is 437 g/mol. The molecule has 7 nitrogen and oxygen atoms in total. The first-order valence-corrected chi connectivity index (χ1v) is 9.90. The maximum Gasteiger partial charge on any atom is 0.355 e. The Morgan fingerprint density at radius 3 is 2.63 bits per heavy atom. The fourth-order valence-electron chi connectivity index (χ4n) is 2.56. The number of ether oxygens (including phenoxy) is 1. The molecule has 0 fully saturated rings. The Morgan fingerprint density at radius 2 is 1.90 bits per heavy atom. The lowest BCUT2D eigenvalue weighted by Gasteiger charge is -2.03. The Morgan fingerprint density at radius 1 is 1.10 bits per heavy atom. The number of nitrogens with one attached hydrogen (secondary N) is 1. The van der Waals surface area contributed by atoms with Crippen LogP contribution in [0.15, 0.2) is 72.2 Å². The van der Waals surface area contributed by atoms with Gasteiger partial charge in [-0.2, -0.15) is 5.10 Å². The number of esters is 1. The van der Waals surface area contributed by atoms with Gasteiger partial charge in [-0.15, -0.1) is 11.3 Å². The molecular formula is C21H13ClN4O3S. The Kier molecular flexibility index (Phi) is 5.78. The van der Waals surface area contributed by atoms with Crippen molar-refractivity contribution >= 4 is 51.1 Å². The largest absolute Gasteiger partial charge is 0.422 e. The molecule has 0 unspecified atom stereocenters. The molecule has 2 aromatic heterocycles. The zero-order valence-electron chi connectivity index (χ0n) is 15.3. The van der Waals surface area contributed by atoms with Gasteiger partial charge >= 0.3 is 5.97 Å². The quantitative estimate of drug-likeness (QED) is 0.217. The fourth-order valence-corrected chi connectivity index (χ4v) is 3.94.